The minimum atomic E-state index is -0.283. The molecule has 4 aliphatic rings. The fourth-order valence-corrected chi connectivity index (χ4v) is 8.72. The van der Waals surface area contributed by atoms with E-state index in [1.165, 1.54) is 23.6 Å². The predicted molar refractivity (Wildman–Crippen MR) is 150 cm³/mol. The van der Waals surface area contributed by atoms with Crippen LogP contribution in [0.2, 0.25) is 0 Å². The SMILES string of the molecule is CC(=O)Oc1ccc2c(c1)CC[C@]1(C)C2[C@@H](c2ccc(OCCN3CCOCC3)cc2)C[C@@]2(C)C1CC[C@@H]2O. The number of hydrogen-bond donors (Lipinski definition) is 1. The lowest BCUT2D eigenvalue weighted by molar-refractivity contribution is -0.131. The van der Waals surface area contributed by atoms with E-state index in [9.17, 15) is 9.90 Å². The van der Waals surface area contributed by atoms with Crippen LogP contribution in [0.15, 0.2) is 42.5 Å². The molecule has 2 aromatic carbocycles. The third-order valence-electron chi connectivity index (χ3n) is 10.6. The number of aliphatic hydroxyl groups is 1. The van der Waals surface area contributed by atoms with Gasteiger partial charge < -0.3 is 19.3 Å². The summed E-state index contributed by atoms with van der Waals surface area (Å²) in [5.41, 5.74) is 4.02. The van der Waals surface area contributed by atoms with Crippen molar-refractivity contribution in [3.63, 3.8) is 0 Å². The van der Waals surface area contributed by atoms with Crippen molar-refractivity contribution in [1.82, 2.24) is 4.90 Å². The van der Waals surface area contributed by atoms with Gasteiger partial charge in [0.15, 0.2) is 0 Å². The zero-order chi connectivity index (χ0) is 27.2. The zero-order valence-corrected chi connectivity index (χ0v) is 23.7. The maximum Gasteiger partial charge on any atom is 0.308 e. The van der Waals surface area contributed by atoms with Crippen LogP contribution in [-0.2, 0) is 16.0 Å². The summed E-state index contributed by atoms with van der Waals surface area (Å²) in [7, 11) is 0. The molecule has 6 heteroatoms. The standard InChI is InChI=1S/C33H43NO5/c1-22(35)39-26-8-9-27-24(20-26)12-13-32(2)29-10-11-30(36)33(29,3)21-28(31(27)32)23-4-6-25(7-5-23)38-19-16-34-14-17-37-18-15-34/h4-9,20,28-31,36H,10-19,21H2,1-3H3/t28-,29?,30+,31?,32+,33+/m1/s1. The minimum Gasteiger partial charge on any atom is -0.492 e. The van der Waals surface area contributed by atoms with Crippen molar-refractivity contribution in [3.8, 4) is 11.5 Å². The number of carbonyl (C=O) groups is 1. The summed E-state index contributed by atoms with van der Waals surface area (Å²) in [4.78, 5) is 14.0. The molecule has 3 fully saturated rings. The number of morpholine rings is 1. The van der Waals surface area contributed by atoms with Gasteiger partial charge in [-0.05, 0) is 102 Å². The fourth-order valence-electron chi connectivity index (χ4n) is 8.72. The predicted octanol–water partition coefficient (Wildman–Crippen LogP) is 5.32. The summed E-state index contributed by atoms with van der Waals surface area (Å²) >= 11 is 0. The smallest absolute Gasteiger partial charge is 0.308 e. The van der Waals surface area contributed by atoms with Crippen LogP contribution in [-0.4, -0.2) is 61.5 Å². The number of ether oxygens (including phenoxy) is 3. The van der Waals surface area contributed by atoms with E-state index in [-0.39, 0.29) is 22.9 Å². The van der Waals surface area contributed by atoms with Gasteiger partial charge in [0.2, 0.25) is 0 Å². The van der Waals surface area contributed by atoms with E-state index in [4.69, 9.17) is 14.2 Å². The zero-order valence-electron chi connectivity index (χ0n) is 23.7. The summed E-state index contributed by atoms with van der Waals surface area (Å²) in [6.07, 6.45) is 4.77. The largest absolute Gasteiger partial charge is 0.492 e. The van der Waals surface area contributed by atoms with Gasteiger partial charge in [-0.25, -0.2) is 0 Å². The Morgan fingerprint density at radius 2 is 1.79 bits per heavy atom. The molecule has 1 saturated heterocycles. The summed E-state index contributed by atoms with van der Waals surface area (Å²) in [5, 5.41) is 11.2. The van der Waals surface area contributed by atoms with E-state index in [0.29, 0.717) is 30.1 Å². The topological polar surface area (TPSA) is 68.2 Å². The number of carbonyl (C=O) groups excluding carboxylic acids is 1. The van der Waals surface area contributed by atoms with Crippen LogP contribution in [0.1, 0.15) is 75.0 Å². The van der Waals surface area contributed by atoms with Gasteiger partial charge in [-0.1, -0.05) is 32.0 Å². The van der Waals surface area contributed by atoms with E-state index in [1.807, 2.05) is 6.07 Å². The Morgan fingerprint density at radius 3 is 2.54 bits per heavy atom. The van der Waals surface area contributed by atoms with Gasteiger partial charge in [0, 0.05) is 26.6 Å². The van der Waals surface area contributed by atoms with Crippen LogP contribution in [0, 0.1) is 16.7 Å². The molecule has 0 radical (unpaired) electrons. The molecule has 0 aromatic heterocycles. The normalized spacial score (nSPS) is 34.1. The van der Waals surface area contributed by atoms with E-state index >= 15 is 0 Å². The molecular weight excluding hydrogens is 490 g/mol. The molecular formula is C33H43NO5. The highest BCUT2D eigenvalue weighted by Gasteiger charge is 2.62. The Bertz CT molecular complexity index is 1190. The Kier molecular flexibility index (Phi) is 7.23. The first-order valence-electron chi connectivity index (χ1n) is 14.8. The molecule has 1 N–H and O–H groups in total. The number of hydrogen-bond acceptors (Lipinski definition) is 6. The van der Waals surface area contributed by atoms with Crippen molar-refractivity contribution in [2.24, 2.45) is 16.7 Å². The first-order valence-corrected chi connectivity index (χ1v) is 14.8. The monoisotopic (exact) mass is 533 g/mol. The lowest BCUT2D eigenvalue weighted by Gasteiger charge is -2.60. The van der Waals surface area contributed by atoms with Gasteiger partial charge in [-0.3, -0.25) is 9.69 Å². The Labute approximate surface area is 232 Å². The second kappa shape index (κ2) is 10.5. The molecule has 3 aliphatic carbocycles. The van der Waals surface area contributed by atoms with Crippen molar-refractivity contribution < 1.29 is 24.1 Å². The average Bonchev–Trinajstić information content (AvgIpc) is 3.23. The lowest BCUT2D eigenvalue weighted by atomic mass is 9.44. The molecule has 6 atom stereocenters. The summed E-state index contributed by atoms with van der Waals surface area (Å²) in [6.45, 7) is 11.4. The van der Waals surface area contributed by atoms with Crippen LogP contribution in [0.5, 0.6) is 11.5 Å². The van der Waals surface area contributed by atoms with Crippen LogP contribution < -0.4 is 9.47 Å². The maximum atomic E-state index is 11.6. The number of rotatable bonds is 6. The molecule has 0 amide bonds. The Hall–Kier alpha value is -2.41. The Morgan fingerprint density at radius 1 is 1.05 bits per heavy atom. The van der Waals surface area contributed by atoms with Crippen molar-refractivity contribution in [2.45, 2.75) is 70.8 Å². The number of esters is 1. The van der Waals surface area contributed by atoms with Crippen molar-refractivity contribution >= 4 is 5.97 Å². The molecule has 210 valence electrons. The van der Waals surface area contributed by atoms with Gasteiger partial charge in [0.05, 0.1) is 19.3 Å². The molecule has 1 heterocycles. The summed E-state index contributed by atoms with van der Waals surface area (Å²) in [6, 6.07) is 15.0. The molecule has 1 aliphatic heterocycles. The molecule has 0 spiro atoms. The summed E-state index contributed by atoms with van der Waals surface area (Å²) in [5.74, 6) is 2.40. The molecule has 39 heavy (non-hydrogen) atoms. The third-order valence-corrected chi connectivity index (χ3v) is 10.6. The van der Waals surface area contributed by atoms with Crippen LogP contribution >= 0.6 is 0 Å². The van der Waals surface area contributed by atoms with Crippen molar-refractivity contribution in [3.05, 3.63) is 59.2 Å². The molecule has 2 saturated carbocycles. The highest BCUT2D eigenvalue weighted by Crippen LogP contribution is 2.70. The number of nitrogens with zero attached hydrogens (tertiary/aromatic N) is 1. The van der Waals surface area contributed by atoms with Gasteiger partial charge in [0.1, 0.15) is 18.1 Å². The lowest BCUT2D eigenvalue weighted by Crippen LogP contribution is -2.52. The number of fused-ring (bicyclic) bond motifs is 5. The number of aryl methyl sites for hydroxylation is 1. The minimum absolute atomic E-state index is 0.0849. The van der Waals surface area contributed by atoms with Crippen LogP contribution in [0.4, 0.5) is 0 Å². The van der Waals surface area contributed by atoms with Crippen LogP contribution in [0.3, 0.4) is 0 Å². The molecule has 6 nitrogen and oxygen atoms in total. The van der Waals surface area contributed by atoms with Crippen LogP contribution in [0.25, 0.3) is 0 Å². The first-order chi connectivity index (χ1) is 18.8. The summed E-state index contributed by atoms with van der Waals surface area (Å²) < 4.78 is 17.0. The van der Waals surface area contributed by atoms with Crippen molar-refractivity contribution in [1.29, 1.82) is 0 Å². The second-order valence-electron chi connectivity index (χ2n) is 12.8. The van der Waals surface area contributed by atoms with Gasteiger partial charge >= 0.3 is 5.97 Å². The molecule has 2 aromatic rings. The highest BCUT2D eigenvalue weighted by atomic mass is 16.5. The Balaban J connectivity index is 1.28. The molecule has 0 bridgehead atoms. The number of benzene rings is 2. The maximum absolute atomic E-state index is 11.6. The third kappa shape index (κ3) is 4.89. The average molecular weight is 534 g/mol. The fraction of sp³-hybridized carbons (Fsp3) is 0.606. The van der Waals surface area contributed by atoms with E-state index in [2.05, 4.69) is 55.1 Å². The highest BCUT2D eigenvalue weighted by molar-refractivity contribution is 5.69. The van der Waals surface area contributed by atoms with E-state index in [1.54, 1.807) is 0 Å². The van der Waals surface area contributed by atoms with Crippen molar-refractivity contribution in [2.75, 3.05) is 39.5 Å². The van der Waals surface area contributed by atoms with E-state index in [0.717, 1.165) is 70.7 Å². The quantitative estimate of drug-likeness (QED) is 0.400. The van der Waals surface area contributed by atoms with Gasteiger partial charge in [-0.2, -0.15) is 0 Å². The first kappa shape index (κ1) is 26.8. The van der Waals surface area contributed by atoms with Gasteiger partial charge in [0.25, 0.3) is 0 Å². The molecule has 6 rings (SSSR count). The molecule has 2 unspecified atom stereocenters. The van der Waals surface area contributed by atoms with E-state index < -0.39 is 0 Å². The van der Waals surface area contributed by atoms with Gasteiger partial charge in [-0.15, -0.1) is 0 Å². The number of aliphatic hydroxyl groups excluding tert-OH is 1. The second-order valence-corrected chi connectivity index (χ2v) is 12.8.